The number of rotatable bonds is 6. The van der Waals surface area contributed by atoms with Gasteiger partial charge in [-0.15, -0.1) is 0 Å². The Morgan fingerprint density at radius 2 is 2.20 bits per heavy atom. The van der Waals surface area contributed by atoms with Crippen LogP contribution < -0.4 is 5.32 Å². The number of aliphatic carboxylic acids is 1. The van der Waals surface area contributed by atoms with Crippen LogP contribution in [0.25, 0.3) is 10.9 Å². The summed E-state index contributed by atoms with van der Waals surface area (Å²) < 4.78 is 4.83. The third kappa shape index (κ3) is 2.94. The van der Waals surface area contributed by atoms with Crippen LogP contribution in [0.15, 0.2) is 24.3 Å². The third-order valence-electron chi connectivity index (χ3n) is 2.90. The summed E-state index contributed by atoms with van der Waals surface area (Å²) in [4.78, 5) is 23.2. The quantitative estimate of drug-likeness (QED) is 0.724. The number of carboxylic acid groups (broad SMARTS) is 1. The summed E-state index contributed by atoms with van der Waals surface area (Å²) in [6.07, 6.45) is 0.194. The first kappa shape index (κ1) is 14.0. The lowest BCUT2D eigenvalue weighted by atomic mass is 10.1. The number of para-hydroxylation sites is 1. The second-order valence-electron chi connectivity index (χ2n) is 4.26. The van der Waals surface area contributed by atoms with Crippen LogP contribution in [0.1, 0.15) is 16.9 Å². The van der Waals surface area contributed by atoms with E-state index in [-0.39, 0.29) is 18.7 Å². The molecular weight excluding hydrogens is 262 g/mol. The molecule has 106 valence electrons. The van der Waals surface area contributed by atoms with Crippen molar-refractivity contribution in [1.82, 2.24) is 15.5 Å². The SMILES string of the molecule is COCCC(NC(=O)c1n[nH]c2ccccc12)C(=O)O. The largest absolute Gasteiger partial charge is 0.480 e. The van der Waals surface area contributed by atoms with Gasteiger partial charge in [-0.05, 0) is 6.07 Å². The fraction of sp³-hybridized carbons (Fsp3) is 0.308. The normalized spacial score (nSPS) is 12.2. The van der Waals surface area contributed by atoms with Crippen LogP contribution in [0.3, 0.4) is 0 Å². The molecule has 0 spiro atoms. The van der Waals surface area contributed by atoms with Crippen LogP contribution >= 0.6 is 0 Å². The van der Waals surface area contributed by atoms with Crippen molar-refractivity contribution < 1.29 is 19.4 Å². The highest BCUT2D eigenvalue weighted by molar-refractivity contribution is 6.05. The lowest BCUT2D eigenvalue weighted by Gasteiger charge is -2.13. The number of ether oxygens (including phenoxy) is 1. The maximum Gasteiger partial charge on any atom is 0.326 e. The Kier molecular flexibility index (Phi) is 4.31. The minimum absolute atomic E-state index is 0.185. The van der Waals surface area contributed by atoms with Gasteiger partial charge in [-0.1, -0.05) is 18.2 Å². The number of hydrogen-bond acceptors (Lipinski definition) is 4. The number of methoxy groups -OCH3 is 1. The molecule has 0 saturated heterocycles. The molecule has 0 radical (unpaired) electrons. The molecule has 0 saturated carbocycles. The van der Waals surface area contributed by atoms with Gasteiger partial charge in [0, 0.05) is 25.5 Å². The molecule has 1 unspecified atom stereocenters. The maximum atomic E-state index is 12.1. The first-order chi connectivity index (χ1) is 9.63. The highest BCUT2D eigenvalue weighted by atomic mass is 16.5. The van der Waals surface area contributed by atoms with Gasteiger partial charge in [0.15, 0.2) is 5.69 Å². The van der Waals surface area contributed by atoms with Gasteiger partial charge in [0.25, 0.3) is 5.91 Å². The van der Waals surface area contributed by atoms with Gasteiger partial charge >= 0.3 is 5.97 Å². The molecule has 7 heteroatoms. The predicted octanol–water partition coefficient (Wildman–Crippen LogP) is 0.782. The van der Waals surface area contributed by atoms with Gasteiger partial charge in [0.05, 0.1) is 5.52 Å². The fourth-order valence-electron chi connectivity index (χ4n) is 1.86. The van der Waals surface area contributed by atoms with Gasteiger partial charge in [0.2, 0.25) is 0 Å². The standard InChI is InChI=1S/C13H15N3O4/c1-20-7-6-10(13(18)19)14-12(17)11-8-4-2-3-5-9(8)15-16-11/h2-5,10H,6-7H2,1H3,(H,14,17)(H,15,16)(H,18,19). The molecule has 0 aliphatic heterocycles. The van der Waals surface area contributed by atoms with Crippen LogP contribution in [0.2, 0.25) is 0 Å². The number of carbonyl (C=O) groups excluding carboxylic acids is 1. The van der Waals surface area contributed by atoms with E-state index < -0.39 is 17.9 Å². The smallest absolute Gasteiger partial charge is 0.326 e. The molecule has 1 aromatic carbocycles. The van der Waals surface area contributed by atoms with Gasteiger partial charge in [-0.2, -0.15) is 5.10 Å². The van der Waals surface area contributed by atoms with E-state index in [1.807, 2.05) is 6.07 Å². The molecule has 1 amide bonds. The number of aromatic amines is 1. The second-order valence-corrected chi connectivity index (χ2v) is 4.26. The average Bonchev–Trinajstić information content (AvgIpc) is 2.87. The Morgan fingerprint density at radius 1 is 1.45 bits per heavy atom. The summed E-state index contributed by atoms with van der Waals surface area (Å²) in [5.74, 6) is -1.62. The van der Waals surface area contributed by atoms with Crippen LogP contribution in [-0.4, -0.2) is 46.9 Å². The van der Waals surface area contributed by atoms with Crippen molar-refractivity contribution in [3.05, 3.63) is 30.0 Å². The van der Waals surface area contributed by atoms with E-state index in [1.54, 1.807) is 18.2 Å². The number of nitrogens with one attached hydrogen (secondary N) is 2. The van der Waals surface area contributed by atoms with Crippen molar-refractivity contribution in [2.75, 3.05) is 13.7 Å². The Balaban J connectivity index is 2.16. The van der Waals surface area contributed by atoms with E-state index in [2.05, 4.69) is 15.5 Å². The van der Waals surface area contributed by atoms with E-state index in [0.29, 0.717) is 5.39 Å². The van der Waals surface area contributed by atoms with Crippen molar-refractivity contribution in [2.45, 2.75) is 12.5 Å². The zero-order chi connectivity index (χ0) is 14.5. The first-order valence-electron chi connectivity index (χ1n) is 6.09. The topological polar surface area (TPSA) is 104 Å². The van der Waals surface area contributed by atoms with Crippen molar-refractivity contribution in [3.63, 3.8) is 0 Å². The van der Waals surface area contributed by atoms with E-state index in [4.69, 9.17) is 9.84 Å². The van der Waals surface area contributed by atoms with Gasteiger partial charge in [-0.3, -0.25) is 9.89 Å². The summed E-state index contributed by atoms with van der Waals surface area (Å²) in [6.45, 7) is 0.249. The first-order valence-corrected chi connectivity index (χ1v) is 6.09. The Hall–Kier alpha value is -2.41. The van der Waals surface area contributed by atoms with Crippen LogP contribution in [0.5, 0.6) is 0 Å². The molecule has 0 fully saturated rings. The zero-order valence-corrected chi connectivity index (χ0v) is 10.9. The summed E-state index contributed by atoms with van der Waals surface area (Å²) in [7, 11) is 1.47. The van der Waals surface area contributed by atoms with Crippen molar-refractivity contribution >= 4 is 22.8 Å². The molecule has 1 aromatic heterocycles. The third-order valence-corrected chi connectivity index (χ3v) is 2.90. The number of hydrogen-bond donors (Lipinski definition) is 3. The summed E-state index contributed by atoms with van der Waals surface area (Å²) in [6, 6.07) is 6.14. The minimum atomic E-state index is -1.10. The molecular formula is C13H15N3O4. The molecule has 0 aliphatic carbocycles. The fourth-order valence-corrected chi connectivity index (χ4v) is 1.86. The number of benzene rings is 1. The van der Waals surface area contributed by atoms with Crippen molar-refractivity contribution in [2.24, 2.45) is 0 Å². The van der Waals surface area contributed by atoms with Crippen molar-refractivity contribution in [3.8, 4) is 0 Å². The van der Waals surface area contributed by atoms with Crippen LogP contribution in [-0.2, 0) is 9.53 Å². The van der Waals surface area contributed by atoms with Crippen LogP contribution in [0, 0.1) is 0 Å². The molecule has 2 rings (SSSR count). The Labute approximate surface area is 114 Å². The number of carboxylic acids is 1. The van der Waals surface area contributed by atoms with Gasteiger partial charge in [0.1, 0.15) is 6.04 Å². The molecule has 1 atom stereocenters. The van der Waals surface area contributed by atoms with Gasteiger partial charge in [-0.25, -0.2) is 4.79 Å². The number of nitrogens with zero attached hydrogens (tertiary/aromatic N) is 1. The molecule has 1 heterocycles. The van der Waals surface area contributed by atoms with Crippen molar-refractivity contribution in [1.29, 1.82) is 0 Å². The lowest BCUT2D eigenvalue weighted by molar-refractivity contribution is -0.139. The highest BCUT2D eigenvalue weighted by Gasteiger charge is 2.22. The molecule has 7 nitrogen and oxygen atoms in total. The zero-order valence-electron chi connectivity index (χ0n) is 10.9. The summed E-state index contributed by atoms with van der Waals surface area (Å²) in [5, 5.41) is 18.8. The summed E-state index contributed by atoms with van der Waals surface area (Å²) in [5.41, 5.74) is 0.908. The van der Waals surface area contributed by atoms with Crippen LogP contribution in [0.4, 0.5) is 0 Å². The number of amides is 1. The second kappa shape index (κ2) is 6.16. The predicted molar refractivity (Wildman–Crippen MR) is 71.5 cm³/mol. The van der Waals surface area contributed by atoms with E-state index in [0.717, 1.165) is 5.52 Å². The molecule has 3 N–H and O–H groups in total. The lowest BCUT2D eigenvalue weighted by Crippen LogP contribution is -2.41. The average molecular weight is 277 g/mol. The van der Waals surface area contributed by atoms with E-state index in [1.165, 1.54) is 7.11 Å². The summed E-state index contributed by atoms with van der Waals surface area (Å²) >= 11 is 0. The van der Waals surface area contributed by atoms with E-state index >= 15 is 0 Å². The highest BCUT2D eigenvalue weighted by Crippen LogP contribution is 2.15. The molecule has 0 bridgehead atoms. The number of fused-ring (bicyclic) bond motifs is 1. The molecule has 20 heavy (non-hydrogen) atoms. The molecule has 2 aromatic rings. The van der Waals surface area contributed by atoms with Gasteiger partial charge < -0.3 is 15.2 Å². The number of carbonyl (C=O) groups is 2. The number of aromatic nitrogens is 2. The maximum absolute atomic E-state index is 12.1. The number of H-pyrrole nitrogens is 1. The van der Waals surface area contributed by atoms with E-state index in [9.17, 15) is 9.59 Å². The monoisotopic (exact) mass is 277 g/mol. The molecule has 0 aliphatic rings. The Morgan fingerprint density at radius 3 is 2.90 bits per heavy atom. The Bertz CT molecular complexity index is 623. The minimum Gasteiger partial charge on any atom is -0.480 e.